The maximum absolute atomic E-state index is 7.13. The second kappa shape index (κ2) is 15.6. The Hall–Kier alpha value is -9.27. The molecular formula is C65H50N8. The Balaban J connectivity index is 0.976. The topological polar surface area (TPSA) is 102 Å². The van der Waals surface area contributed by atoms with Crippen LogP contribution in [0.3, 0.4) is 0 Å². The zero-order valence-corrected chi connectivity index (χ0v) is 41.0. The first-order valence-electron chi connectivity index (χ1n) is 24.9. The fraction of sp³-hybridized carbons (Fsp3) is 0.0923. The van der Waals surface area contributed by atoms with Gasteiger partial charge in [0.25, 0.3) is 0 Å². The minimum absolute atomic E-state index is 0.175. The molecule has 0 atom stereocenters. The van der Waals surface area contributed by atoms with Crippen LogP contribution in [0.15, 0.2) is 207 Å². The quantitative estimate of drug-likeness (QED) is 0.101. The normalized spacial score (nSPS) is 14.3. The Labute approximate surface area is 423 Å². The molecule has 0 unspecified atom stereocenters. The molecule has 0 aliphatic carbocycles. The number of hydrogen-bond donors (Lipinski definition) is 2. The average Bonchev–Trinajstić information content (AvgIpc) is 3.76. The van der Waals surface area contributed by atoms with Gasteiger partial charge in [0, 0.05) is 73.5 Å². The van der Waals surface area contributed by atoms with E-state index in [1.54, 1.807) is 6.20 Å². The van der Waals surface area contributed by atoms with Gasteiger partial charge in [-0.25, -0.2) is 0 Å². The highest BCUT2D eigenvalue weighted by molar-refractivity contribution is 6.18. The first kappa shape index (κ1) is 42.6. The van der Waals surface area contributed by atoms with Crippen LogP contribution in [0, 0.1) is 0 Å². The molecule has 0 bridgehead atoms. The number of fused-ring (bicyclic) bond motifs is 10. The molecular weight excluding hydrogens is 893 g/mol. The lowest BCUT2D eigenvalue weighted by atomic mass is 9.73. The van der Waals surface area contributed by atoms with Crippen molar-refractivity contribution >= 4 is 89.1 Å². The molecule has 4 N–H and O–H groups in total. The fourth-order valence-electron chi connectivity index (χ4n) is 12.1. The molecule has 14 rings (SSSR count). The van der Waals surface area contributed by atoms with E-state index in [-0.39, 0.29) is 10.8 Å². The van der Waals surface area contributed by atoms with E-state index in [9.17, 15) is 0 Å². The van der Waals surface area contributed by atoms with Crippen LogP contribution < -0.4 is 21.3 Å². The molecule has 0 saturated heterocycles. The molecule has 6 heterocycles. The van der Waals surface area contributed by atoms with Gasteiger partial charge in [0.1, 0.15) is 0 Å². The summed E-state index contributed by atoms with van der Waals surface area (Å²) in [5.74, 6) is 0. The number of nitrogens with two attached hydrogens (primary N) is 2. The predicted octanol–water partition coefficient (Wildman–Crippen LogP) is 16.0. The van der Waals surface area contributed by atoms with Crippen LogP contribution in [0.1, 0.15) is 49.9 Å². The summed E-state index contributed by atoms with van der Waals surface area (Å²) < 4.78 is 2.34. The van der Waals surface area contributed by atoms with Gasteiger partial charge in [-0.1, -0.05) is 131 Å². The predicted molar refractivity (Wildman–Crippen MR) is 302 cm³/mol. The summed E-state index contributed by atoms with van der Waals surface area (Å²) in [4.78, 5) is 19.5. The number of para-hydroxylation sites is 4. The smallest absolute Gasteiger partial charge is 0.0988 e. The van der Waals surface area contributed by atoms with Gasteiger partial charge in [-0.15, -0.1) is 0 Å². The van der Waals surface area contributed by atoms with Crippen LogP contribution in [0.4, 0.5) is 45.5 Å². The molecule has 2 aliphatic rings. The number of pyridine rings is 3. The number of aromatic nitrogens is 4. The highest BCUT2D eigenvalue weighted by atomic mass is 15.2. The number of hydrogen-bond acceptors (Lipinski definition) is 7. The lowest BCUT2D eigenvalue weighted by molar-refractivity contribution is 0.632. The van der Waals surface area contributed by atoms with Crippen molar-refractivity contribution in [2.24, 2.45) is 0 Å². The molecule has 0 amide bonds. The van der Waals surface area contributed by atoms with E-state index >= 15 is 0 Å². The molecule has 4 aromatic heterocycles. The van der Waals surface area contributed by atoms with Crippen molar-refractivity contribution in [3.63, 3.8) is 0 Å². The molecule has 8 aromatic carbocycles. The number of nitrogen functional groups attached to an aromatic ring is 2. The second-order valence-corrected chi connectivity index (χ2v) is 20.6. The summed E-state index contributed by atoms with van der Waals surface area (Å²) in [6.07, 6.45) is 7.52. The van der Waals surface area contributed by atoms with Crippen molar-refractivity contribution in [2.45, 2.75) is 38.5 Å². The van der Waals surface area contributed by atoms with Crippen molar-refractivity contribution < 1.29 is 0 Å². The van der Waals surface area contributed by atoms with E-state index in [1.165, 1.54) is 45.0 Å². The standard InChI is InChI=1S/C65H50N8/c1-64(2)50-18-5-9-22-55(50)71(56-23-10-6-19-51(56)64)43-27-29-54-47(33-43)46-28-26-44(72-57-24-11-7-20-52(57)65(3,4)53-21-8-12-25-58(53)72)35-59(46)73(54)45-34-49-61(67)60(66)48-32-42(37-69-62(48)63(49)70-38-45)40-16-13-15-39(31-40)41-17-14-30-68-36-41/h5-38H,66-67H2,1-4H3. The number of nitrogens with zero attached hydrogens (tertiary/aromatic N) is 6. The van der Waals surface area contributed by atoms with Gasteiger partial charge >= 0.3 is 0 Å². The van der Waals surface area contributed by atoms with Gasteiger partial charge in [-0.3, -0.25) is 15.0 Å². The molecule has 0 radical (unpaired) electrons. The first-order valence-corrected chi connectivity index (χ1v) is 24.9. The van der Waals surface area contributed by atoms with E-state index in [0.717, 1.165) is 71.9 Å². The van der Waals surface area contributed by atoms with Crippen LogP contribution in [-0.2, 0) is 10.8 Å². The van der Waals surface area contributed by atoms with Gasteiger partial charge in [0.15, 0.2) is 0 Å². The van der Waals surface area contributed by atoms with Gasteiger partial charge in [-0.2, -0.15) is 0 Å². The Morgan fingerprint density at radius 3 is 1.44 bits per heavy atom. The van der Waals surface area contributed by atoms with E-state index < -0.39 is 0 Å². The summed E-state index contributed by atoms with van der Waals surface area (Å²) >= 11 is 0. The lowest BCUT2D eigenvalue weighted by Gasteiger charge is -2.42. The van der Waals surface area contributed by atoms with Gasteiger partial charge in [-0.05, 0) is 112 Å². The molecule has 0 spiro atoms. The lowest BCUT2D eigenvalue weighted by Crippen LogP contribution is -2.30. The fourth-order valence-corrected chi connectivity index (χ4v) is 12.1. The first-order chi connectivity index (χ1) is 35.6. The largest absolute Gasteiger partial charge is 0.396 e. The van der Waals surface area contributed by atoms with E-state index in [0.29, 0.717) is 22.4 Å². The third-order valence-corrected chi connectivity index (χ3v) is 15.8. The third-order valence-electron chi connectivity index (χ3n) is 15.8. The summed E-state index contributed by atoms with van der Waals surface area (Å²) in [5.41, 5.74) is 35.1. The van der Waals surface area contributed by atoms with Crippen molar-refractivity contribution in [2.75, 3.05) is 21.3 Å². The third kappa shape index (κ3) is 6.23. The van der Waals surface area contributed by atoms with Crippen molar-refractivity contribution in [1.82, 2.24) is 19.5 Å². The Kier molecular flexibility index (Phi) is 9.11. The summed E-state index contributed by atoms with van der Waals surface area (Å²) in [6.45, 7) is 9.31. The van der Waals surface area contributed by atoms with Crippen molar-refractivity contribution in [3.8, 4) is 27.9 Å². The zero-order valence-electron chi connectivity index (χ0n) is 41.0. The number of benzene rings is 8. The SMILES string of the molecule is CC1(C)c2ccccc2N(c2ccc3c(c2)c2ccc(N4c5ccccc5C(C)(C)c5ccccc54)cc2n3-c2cnc3c(c2)c(N)c(N)c2cc(-c4cccc(-c5cccnc5)c4)cnc23)c2ccccc21. The van der Waals surface area contributed by atoms with Gasteiger partial charge in [0.2, 0.25) is 0 Å². The number of anilines is 8. The highest BCUT2D eigenvalue weighted by Crippen LogP contribution is 2.54. The van der Waals surface area contributed by atoms with Crippen LogP contribution in [0.2, 0.25) is 0 Å². The van der Waals surface area contributed by atoms with E-state index in [2.05, 4.69) is 223 Å². The van der Waals surface area contributed by atoms with Crippen LogP contribution in [0.25, 0.3) is 71.6 Å². The van der Waals surface area contributed by atoms with Crippen LogP contribution in [-0.4, -0.2) is 19.5 Å². The minimum Gasteiger partial charge on any atom is -0.396 e. The molecule has 12 aromatic rings. The maximum atomic E-state index is 7.13. The average molecular weight is 943 g/mol. The molecule has 8 heteroatoms. The van der Waals surface area contributed by atoms with Gasteiger partial charge < -0.3 is 25.8 Å². The zero-order chi connectivity index (χ0) is 49.3. The van der Waals surface area contributed by atoms with Crippen LogP contribution in [0.5, 0.6) is 0 Å². The molecule has 0 saturated carbocycles. The highest BCUT2D eigenvalue weighted by Gasteiger charge is 2.38. The molecule has 0 fully saturated rings. The second-order valence-electron chi connectivity index (χ2n) is 20.6. The molecule has 2 aliphatic heterocycles. The monoisotopic (exact) mass is 942 g/mol. The summed E-state index contributed by atoms with van der Waals surface area (Å²) in [6, 6.07) is 65.6. The molecule has 8 nitrogen and oxygen atoms in total. The number of rotatable bonds is 5. The Morgan fingerprint density at radius 2 is 0.863 bits per heavy atom. The Bertz CT molecular complexity index is 4170. The maximum Gasteiger partial charge on any atom is 0.0988 e. The molecule has 73 heavy (non-hydrogen) atoms. The summed E-state index contributed by atoms with van der Waals surface area (Å²) in [7, 11) is 0. The van der Waals surface area contributed by atoms with Gasteiger partial charge in [0.05, 0.1) is 68.1 Å². The Morgan fingerprint density at radius 1 is 0.370 bits per heavy atom. The molecule has 350 valence electrons. The summed E-state index contributed by atoms with van der Waals surface area (Å²) in [5, 5.41) is 3.74. The van der Waals surface area contributed by atoms with Crippen molar-refractivity contribution in [1.29, 1.82) is 0 Å². The van der Waals surface area contributed by atoms with E-state index in [1.807, 2.05) is 24.7 Å². The van der Waals surface area contributed by atoms with E-state index in [4.69, 9.17) is 21.4 Å². The van der Waals surface area contributed by atoms with Crippen molar-refractivity contribution in [3.05, 3.63) is 229 Å². The minimum atomic E-state index is -0.190. The van der Waals surface area contributed by atoms with Crippen LogP contribution >= 0.6 is 0 Å².